The highest BCUT2D eigenvalue weighted by Crippen LogP contribution is 2.20. The van der Waals surface area contributed by atoms with E-state index in [0.717, 1.165) is 0 Å². The topological polar surface area (TPSA) is 61.6 Å². The molecule has 76 valence electrons. The van der Waals surface area contributed by atoms with Gasteiger partial charge in [0, 0.05) is 0 Å². The van der Waals surface area contributed by atoms with Crippen LogP contribution in [0.3, 0.4) is 0 Å². The van der Waals surface area contributed by atoms with Crippen molar-refractivity contribution in [2.75, 3.05) is 14.2 Å². The monoisotopic (exact) mass is 197 g/mol. The van der Waals surface area contributed by atoms with Crippen molar-refractivity contribution in [2.45, 2.75) is 6.92 Å². The Morgan fingerprint density at radius 3 is 2.71 bits per heavy atom. The third-order valence-electron chi connectivity index (χ3n) is 1.49. The number of carbonyl (C=O) groups is 1. The summed E-state index contributed by atoms with van der Waals surface area (Å²) in [7, 11) is 2.66. The van der Waals surface area contributed by atoms with Gasteiger partial charge in [-0.2, -0.15) is 4.98 Å². The molecule has 0 amide bonds. The van der Waals surface area contributed by atoms with E-state index in [2.05, 4.69) is 9.72 Å². The predicted molar refractivity (Wildman–Crippen MR) is 49.1 cm³/mol. The van der Waals surface area contributed by atoms with Crippen molar-refractivity contribution in [3.05, 3.63) is 17.7 Å². The molecule has 0 spiro atoms. The summed E-state index contributed by atoms with van der Waals surface area (Å²) >= 11 is 0. The number of methoxy groups -OCH3 is 2. The first kappa shape index (κ1) is 10.3. The lowest BCUT2D eigenvalue weighted by Gasteiger charge is -1.95. The second-order valence-corrected chi connectivity index (χ2v) is 2.38. The molecule has 0 aliphatic heterocycles. The zero-order valence-corrected chi connectivity index (χ0v) is 8.23. The molecule has 0 saturated heterocycles. The van der Waals surface area contributed by atoms with E-state index in [0.29, 0.717) is 5.89 Å². The summed E-state index contributed by atoms with van der Waals surface area (Å²) in [5, 5.41) is 0. The molecular weight excluding hydrogens is 186 g/mol. The Kier molecular flexibility index (Phi) is 3.28. The van der Waals surface area contributed by atoms with Crippen LogP contribution in [0.5, 0.6) is 5.95 Å². The summed E-state index contributed by atoms with van der Waals surface area (Å²) in [4.78, 5) is 15.1. The highest BCUT2D eigenvalue weighted by molar-refractivity contribution is 5.89. The van der Waals surface area contributed by atoms with Crippen LogP contribution in [0.15, 0.2) is 10.5 Å². The molecule has 1 aromatic rings. The molecule has 0 aromatic carbocycles. The van der Waals surface area contributed by atoms with E-state index in [9.17, 15) is 4.79 Å². The molecule has 0 aliphatic rings. The third-order valence-corrected chi connectivity index (χ3v) is 1.49. The Morgan fingerprint density at radius 2 is 2.21 bits per heavy atom. The zero-order valence-electron chi connectivity index (χ0n) is 8.23. The van der Waals surface area contributed by atoms with Gasteiger partial charge < -0.3 is 13.9 Å². The minimum Gasteiger partial charge on any atom is -0.467 e. The second-order valence-electron chi connectivity index (χ2n) is 2.38. The van der Waals surface area contributed by atoms with Crippen LogP contribution in [0.4, 0.5) is 0 Å². The van der Waals surface area contributed by atoms with E-state index in [1.165, 1.54) is 14.2 Å². The largest absolute Gasteiger partial charge is 0.467 e. The van der Waals surface area contributed by atoms with Gasteiger partial charge in [-0.05, 0) is 13.0 Å². The Morgan fingerprint density at radius 1 is 1.50 bits per heavy atom. The molecular formula is C9H11NO4. The number of nitrogens with zero attached hydrogens (tertiary/aromatic N) is 1. The molecule has 5 nitrogen and oxygen atoms in total. The summed E-state index contributed by atoms with van der Waals surface area (Å²) in [6.07, 6.45) is 3.36. The number of ether oxygens (including phenoxy) is 2. The van der Waals surface area contributed by atoms with Gasteiger partial charge in [-0.15, -0.1) is 0 Å². The molecule has 0 radical (unpaired) electrons. The smallest absolute Gasteiger partial charge is 0.364 e. The van der Waals surface area contributed by atoms with Crippen molar-refractivity contribution < 1.29 is 18.7 Å². The van der Waals surface area contributed by atoms with Gasteiger partial charge in [0.15, 0.2) is 0 Å². The van der Waals surface area contributed by atoms with E-state index in [1.54, 1.807) is 12.2 Å². The van der Waals surface area contributed by atoms with Crippen LogP contribution in [0.1, 0.15) is 23.3 Å². The fourth-order valence-corrected chi connectivity index (χ4v) is 0.900. The highest BCUT2D eigenvalue weighted by atomic mass is 16.6. The first-order valence-corrected chi connectivity index (χ1v) is 3.98. The summed E-state index contributed by atoms with van der Waals surface area (Å²) in [5.41, 5.74) is 0.0445. The van der Waals surface area contributed by atoms with Crippen molar-refractivity contribution in [3.8, 4) is 5.95 Å². The number of hydrogen-bond donors (Lipinski definition) is 0. The average Bonchev–Trinajstić information content (AvgIpc) is 2.60. The standard InChI is InChI=1S/C9H11NO4/c1-4-5-6-10-7(8(11)12-2)9(13-3)14-6/h4-5H,1-3H3/b5-4+. The summed E-state index contributed by atoms with van der Waals surface area (Å²) in [6, 6.07) is 0. The minimum atomic E-state index is -0.582. The van der Waals surface area contributed by atoms with Crippen LogP contribution in [-0.2, 0) is 4.74 Å². The molecule has 0 unspecified atom stereocenters. The van der Waals surface area contributed by atoms with Gasteiger partial charge in [-0.3, -0.25) is 0 Å². The van der Waals surface area contributed by atoms with Crippen LogP contribution < -0.4 is 4.74 Å². The summed E-state index contributed by atoms with van der Waals surface area (Å²) in [6.45, 7) is 1.81. The van der Waals surface area contributed by atoms with Crippen LogP contribution in [-0.4, -0.2) is 25.2 Å². The molecule has 0 atom stereocenters. The number of aromatic nitrogens is 1. The van der Waals surface area contributed by atoms with Gasteiger partial charge in [0.1, 0.15) is 0 Å². The van der Waals surface area contributed by atoms with E-state index in [4.69, 9.17) is 9.15 Å². The Labute approximate surface area is 81.3 Å². The fourth-order valence-electron chi connectivity index (χ4n) is 0.900. The van der Waals surface area contributed by atoms with Crippen molar-refractivity contribution in [2.24, 2.45) is 0 Å². The van der Waals surface area contributed by atoms with Crippen molar-refractivity contribution >= 4 is 12.0 Å². The minimum absolute atomic E-state index is 0.0445. The van der Waals surface area contributed by atoms with Gasteiger partial charge in [0.2, 0.25) is 11.6 Å². The van der Waals surface area contributed by atoms with Gasteiger partial charge in [0.05, 0.1) is 14.2 Å². The van der Waals surface area contributed by atoms with Crippen LogP contribution in [0.2, 0.25) is 0 Å². The van der Waals surface area contributed by atoms with Gasteiger partial charge >= 0.3 is 11.9 Å². The molecule has 5 heteroatoms. The van der Waals surface area contributed by atoms with E-state index < -0.39 is 5.97 Å². The Hall–Kier alpha value is -1.78. The summed E-state index contributed by atoms with van der Waals surface area (Å²) in [5.74, 6) is -0.212. The lowest BCUT2D eigenvalue weighted by Crippen LogP contribution is -2.03. The van der Waals surface area contributed by atoms with E-state index in [-0.39, 0.29) is 11.6 Å². The van der Waals surface area contributed by atoms with E-state index in [1.807, 2.05) is 6.92 Å². The fraction of sp³-hybridized carbons (Fsp3) is 0.333. The molecule has 1 rings (SSSR count). The normalized spacial score (nSPS) is 10.5. The molecule has 1 aromatic heterocycles. The molecule has 14 heavy (non-hydrogen) atoms. The van der Waals surface area contributed by atoms with Gasteiger partial charge in [0.25, 0.3) is 0 Å². The quantitative estimate of drug-likeness (QED) is 0.687. The molecule has 1 heterocycles. The molecule has 0 N–H and O–H groups in total. The van der Waals surface area contributed by atoms with Gasteiger partial charge in [-0.25, -0.2) is 4.79 Å². The zero-order chi connectivity index (χ0) is 10.6. The lowest BCUT2D eigenvalue weighted by atomic mass is 10.5. The summed E-state index contributed by atoms with van der Waals surface area (Å²) < 4.78 is 14.4. The van der Waals surface area contributed by atoms with Crippen molar-refractivity contribution in [3.63, 3.8) is 0 Å². The molecule has 0 aliphatic carbocycles. The maximum atomic E-state index is 11.2. The highest BCUT2D eigenvalue weighted by Gasteiger charge is 2.20. The lowest BCUT2D eigenvalue weighted by molar-refractivity contribution is 0.0588. The van der Waals surface area contributed by atoms with Crippen LogP contribution >= 0.6 is 0 Å². The molecule has 0 saturated carbocycles. The maximum Gasteiger partial charge on any atom is 0.364 e. The van der Waals surface area contributed by atoms with Gasteiger partial charge in [-0.1, -0.05) is 6.08 Å². The number of oxazole rings is 1. The van der Waals surface area contributed by atoms with Crippen LogP contribution in [0.25, 0.3) is 6.08 Å². The second kappa shape index (κ2) is 4.45. The first-order chi connectivity index (χ1) is 6.72. The van der Waals surface area contributed by atoms with Crippen molar-refractivity contribution in [1.29, 1.82) is 0 Å². The average molecular weight is 197 g/mol. The van der Waals surface area contributed by atoms with E-state index >= 15 is 0 Å². The predicted octanol–water partition coefficient (Wildman–Crippen LogP) is 1.50. The number of rotatable bonds is 3. The molecule has 0 fully saturated rings. The Balaban J connectivity index is 3.08. The third kappa shape index (κ3) is 1.93. The SMILES string of the molecule is C/C=C/c1nc(C(=O)OC)c(OC)o1. The number of carbonyl (C=O) groups excluding carboxylic acids is 1. The number of esters is 1. The first-order valence-electron chi connectivity index (χ1n) is 3.98. The van der Waals surface area contributed by atoms with Crippen LogP contribution in [0, 0.1) is 0 Å². The van der Waals surface area contributed by atoms with Crippen molar-refractivity contribution in [1.82, 2.24) is 4.98 Å². The Bertz CT molecular complexity index is 354. The number of hydrogen-bond acceptors (Lipinski definition) is 5. The maximum absolute atomic E-state index is 11.2. The number of allylic oxidation sites excluding steroid dienone is 1. The molecule has 0 bridgehead atoms.